The van der Waals surface area contributed by atoms with Gasteiger partial charge in [-0.3, -0.25) is 0 Å². The van der Waals surface area contributed by atoms with E-state index in [1.807, 2.05) is 18.2 Å². The molecule has 1 aromatic rings. The molecule has 0 aromatic heterocycles. The van der Waals surface area contributed by atoms with Crippen LogP contribution in [0.2, 0.25) is 0 Å². The summed E-state index contributed by atoms with van der Waals surface area (Å²) in [6, 6.07) is 8.02. The maximum absolute atomic E-state index is 9.61. The number of ether oxygens (including phenoxy) is 1. The Morgan fingerprint density at radius 3 is 2.80 bits per heavy atom. The highest BCUT2D eigenvalue weighted by atomic mass is 16.5. The van der Waals surface area contributed by atoms with E-state index in [0.717, 1.165) is 31.4 Å². The number of aryl methyl sites for hydroxylation is 1. The summed E-state index contributed by atoms with van der Waals surface area (Å²) < 4.78 is 5.15. The summed E-state index contributed by atoms with van der Waals surface area (Å²) in [6.45, 7) is 2.09. The molecule has 0 amide bonds. The highest BCUT2D eigenvalue weighted by Gasteiger charge is 2.03. The molecular formula is C13H20O2. The van der Waals surface area contributed by atoms with Crippen molar-refractivity contribution >= 4 is 0 Å². The fourth-order valence-corrected chi connectivity index (χ4v) is 1.64. The summed E-state index contributed by atoms with van der Waals surface area (Å²) >= 11 is 0. The second kappa shape index (κ2) is 6.46. The van der Waals surface area contributed by atoms with Gasteiger partial charge in [-0.05, 0) is 37.0 Å². The van der Waals surface area contributed by atoms with Crippen molar-refractivity contribution in [2.45, 2.75) is 38.7 Å². The predicted molar refractivity (Wildman–Crippen MR) is 62.2 cm³/mol. The molecule has 1 rings (SSSR count). The standard InChI is InChI=1S/C13H20O2/c1-3-5-12(14)9-8-11-6-4-7-13(10-11)15-2/h4,6-7,10,12,14H,3,5,8-9H2,1-2H3. The van der Waals surface area contributed by atoms with Crippen LogP contribution in [0.25, 0.3) is 0 Å². The zero-order valence-corrected chi connectivity index (χ0v) is 9.57. The quantitative estimate of drug-likeness (QED) is 0.779. The Kier molecular flexibility index (Phi) is 5.19. The number of rotatable bonds is 6. The van der Waals surface area contributed by atoms with Crippen LogP contribution < -0.4 is 4.74 Å². The smallest absolute Gasteiger partial charge is 0.119 e. The minimum atomic E-state index is -0.166. The molecule has 0 fully saturated rings. The molecule has 0 bridgehead atoms. The van der Waals surface area contributed by atoms with Gasteiger partial charge in [0.25, 0.3) is 0 Å². The van der Waals surface area contributed by atoms with Crippen LogP contribution in [0.5, 0.6) is 5.75 Å². The molecule has 0 aliphatic rings. The van der Waals surface area contributed by atoms with Gasteiger partial charge < -0.3 is 9.84 Å². The summed E-state index contributed by atoms with van der Waals surface area (Å²) in [5, 5.41) is 9.61. The second-order valence-electron chi connectivity index (χ2n) is 3.83. The van der Waals surface area contributed by atoms with Gasteiger partial charge in [0.05, 0.1) is 13.2 Å². The second-order valence-corrected chi connectivity index (χ2v) is 3.83. The molecule has 0 heterocycles. The van der Waals surface area contributed by atoms with E-state index in [2.05, 4.69) is 13.0 Å². The first-order valence-corrected chi connectivity index (χ1v) is 5.57. The van der Waals surface area contributed by atoms with Gasteiger partial charge in [0.2, 0.25) is 0 Å². The van der Waals surface area contributed by atoms with E-state index >= 15 is 0 Å². The topological polar surface area (TPSA) is 29.5 Å². The summed E-state index contributed by atoms with van der Waals surface area (Å²) in [5.41, 5.74) is 1.23. The lowest BCUT2D eigenvalue weighted by Crippen LogP contribution is -2.07. The van der Waals surface area contributed by atoms with E-state index in [0.29, 0.717) is 0 Å². The van der Waals surface area contributed by atoms with Crippen LogP contribution in [-0.4, -0.2) is 18.3 Å². The van der Waals surface area contributed by atoms with Crippen LogP contribution >= 0.6 is 0 Å². The molecule has 2 heteroatoms. The summed E-state index contributed by atoms with van der Waals surface area (Å²) in [5.74, 6) is 0.887. The fourth-order valence-electron chi connectivity index (χ4n) is 1.64. The first-order chi connectivity index (χ1) is 7.26. The van der Waals surface area contributed by atoms with Crippen molar-refractivity contribution in [3.05, 3.63) is 29.8 Å². The van der Waals surface area contributed by atoms with E-state index in [9.17, 15) is 5.11 Å². The van der Waals surface area contributed by atoms with Gasteiger partial charge in [-0.25, -0.2) is 0 Å². The molecule has 1 atom stereocenters. The normalized spacial score (nSPS) is 12.5. The third-order valence-corrected chi connectivity index (χ3v) is 2.52. The minimum absolute atomic E-state index is 0.166. The SMILES string of the molecule is CCCC(O)CCc1cccc(OC)c1. The van der Waals surface area contributed by atoms with E-state index in [4.69, 9.17) is 4.74 Å². The van der Waals surface area contributed by atoms with Crippen LogP contribution in [0.1, 0.15) is 31.7 Å². The zero-order valence-electron chi connectivity index (χ0n) is 9.57. The molecule has 0 saturated heterocycles. The maximum atomic E-state index is 9.61. The van der Waals surface area contributed by atoms with Gasteiger partial charge in [-0.15, -0.1) is 0 Å². The molecular weight excluding hydrogens is 188 g/mol. The molecule has 2 nitrogen and oxygen atoms in total. The van der Waals surface area contributed by atoms with Crippen molar-refractivity contribution in [1.82, 2.24) is 0 Å². The van der Waals surface area contributed by atoms with Crippen LogP contribution in [0.15, 0.2) is 24.3 Å². The van der Waals surface area contributed by atoms with Crippen molar-refractivity contribution < 1.29 is 9.84 Å². The molecule has 1 N–H and O–H groups in total. The molecule has 1 aromatic carbocycles. The summed E-state index contributed by atoms with van der Waals surface area (Å²) in [7, 11) is 1.67. The van der Waals surface area contributed by atoms with Crippen LogP contribution in [0.3, 0.4) is 0 Å². The van der Waals surface area contributed by atoms with Gasteiger partial charge in [0.1, 0.15) is 5.75 Å². The molecule has 0 aliphatic heterocycles. The van der Waals surface area contributed by atoms with E-state index < -0.39 is 0 Å². The largest absolute Gasteiger partial charge is 0.497 e. The molecule has 84 valence electrons. The van der Waals surface area contributed by atoms with E-state index in [1.54, 1.807) is 7.11 Å². The Balaban J connectivity index is 2.43. The monoisotopic (exact) mass is 208 g/mol. The van der Waals surface area contributed by atoms with Crippen LogP contribution in [-0.2, 0) is 6.42 Å². The van der Waals surface area contributed by atoms with Crippen molar-refractivity contribution in [3.8, 4) is 5.75 Å². The summed E-state index contributed by atoms with van der Waals surface area (Å²) in [6.07, 6.45) is 3.52. The lowest BCUT2D eigenvalue weighted by atomic mass is 10.0. The fraction of sp³-hybridized carbons (Fsp3) is 0.538. The number of aliphatic hydroxyl groups excluding tert-OH is 1. The molecule has 0 saturated carbocycles. The van der Waals surface area contributed by atoms with Gasteiger partial charge in [-0.2, -0.15) is 0 Å². The van der Waals surface area contributed by atoms with Gasteiger partial charge in [0.15, 0.2) is 0 Å². The van der Waals surface area contributed by atoms with E-state index in [-0.39, 0.29) is 6.10 Å². The number of hydrogen-bond donors (Lipinski definition) is 1. The van der Waals surface area contributed by atoms with Gasteiger partial charge in [0, 0.05) is 0 Å². The molecule has 0 spiro atoms. The highest BCUT2D eigenvalue weighted by molar-refractivity contribution is 5.28. The minimum Gasteiger partial charge on any atom is -0.497 e. The predicted octanol–water partition coefficient (Wildman–Crippen LogP) is 2.79. The Morgan fingerprint density at radius 1 is 1.33 bits per heavy atom. The number of hydrogen-bond acceptors (Lipinski definition) is 2. The van der Waals surface area contributed by atoms with Crippen LogP contribution in [0.4, 0.5) is 0 Å². The maximum Gasteiger partial charge on any atom is 0.119 e. The lowest BCUT2D eigenvalue weighted by molar-refractivity contribution is 0.154. The van der Waals surface area contributed by atoms with Crippen molar-refractivity contribution in [1.29, 1.82) is 0 Å². The first kappa shape index (κ1) is 12.1. The third-order valence-electron chi connectivity index (χ3n) is 2.52. The van der Waals surface area contributed by atoms with Gasteiger partial charge >= 0.3 is 0 Å². The molecule has 1 unspecified atom stereocenters. The number of benzene rings is 1. The zero-order chi connectivity index (χ0) is 11.1. The van der Waals surface area contributed by atoms with Crippen LogP contribution in [0, 0.1) is 0 Å². The lowest BCUT2D eigenvalue weighted by Gasteiger charge is -2.09. The average molecular weight is 208 g/mol. The number of aliphatic hydroxyl groups is 1. The Labute approximate surface area is 91.9 Å². The first-order valence-electron chi connectivity index (χ1n) is 5.57. The van der Waals surface area contributed by atoms with Crippen molar-refractivity contribution in [2.24, 2.45) is 0 Å². The summed E-state index contributed by atoms with van der Waals surface area (Å²) in [4.78, 5) is 0. The third kappa shape index (κ3) is 4.34. The van der Waals surface area contributed by atoms with Crippen molar-refractivity contribution in [2.75, 3.05) is 7.11 Å². The number of methoxy groups -OCH3 is 1. The molecule has 15 heavy (non-hydrogen) atoms. The van der Waals surface area contributed by atoms with Crippen molar-refractivity contribution in [3.63, 3.8) is 0 Å². The Hall–Kier alpha value is -1.02. The Bertz CT molecular complexity index is 284. The highest BCUT2D eigenvalue weighted by Crippen LogP contribution is 2.15. The molecule has 0 aliphatic carbocycles. The van der Waals surface area contributed by atoms with Gasteiger partial charge in [-0.1, -0.05) is 25.5 Å². The average Bonchev–Trinajstić information content (AvgIpc) is 2.27. The Morgan fingerprint density at radius 2 is 2.13 bits per heavy atom. The molecule has 0 radical (unpaired) electrons. The van der Waals surface area contributed by atoms with E-state index in [1.165, 1.54) is 5.56 Å².